The van der Waals surface area contributed by atoms with Crippen LogP contribution in [0.2, 0.25) is 0 Å². The zero-order valence-corrected chi connectivity index (χ0v) is 9.29. The normalized spacial score (nSPS) is 16.3. The van der Waals surface area contributed by atoms with Crippen molar-refractivity contribution < 1.29 is 0 Å². The Balaban J connectivity index is 4.01. The fourth-order valence-electron chi connectivity index (χ4n) is 0.0952. The molecule has 0 aliphatic heterocycles. The Labute approximate surface area is 86.9 Å². The molecular weight excluding hydrogens is 293 g/mol. The van der Waals surface area contributed by atoms with Crippen LogP contribution in [0.1, 0.15) is 0 Å². The van der Waals surface area contributed by atoms with Gasteiger partial charge in [-0.25, -0.2) is 0 Å². The summed E-state index contributed by atoms with van der Waals surface area (Å²) in [6.45, 7) is 0. The molecule has 0 N–H and O–H groups in total. The maximum absolute atomic E-state index is 5.53. The van der Waals surface area contributed by atoms with Crippen LogP contribution >= 0.6 is 73.9 Å². The summed E-state index contributed by atoms with van der Waals surface area (Å²) in [7, 11) is 0. The summed E-state index contributed by atoms with van der Waals surface area (Å²) < 4.78 is -2.00. The molecule has 0 bridgehead atoms. The molecule has 0 aromatic carbocycles. The van der Waals surface area contributed by atoms with Gasteiger partial charge in [0, 0.05) is 0 Å². The largest absolute Gasteiger partial charge is 0.174 e. The second kappa shape index (κ2) is 4.08. The van der Waals surface area contributed by atoms with E-state index in [1.165, 1.54) is 0 Å². The summed E-state index contributed by atoms with van der Waals surface area (Å²) in [5, 5.41) is 0. The minimum atomic E-state index is -1.34. The highest BCUT2D eigenvalue weighted by molar-refractivity contribution is 9.10. The van der Waals surface area contributed by atoms with Crippen molar-refractivity contribution in [2.45, 2.75) is 13.5 Å². The average Bonchev–Trinajstić information content (AvgIpc) is 1.65. The van der Waals surface area contributed by atoms with Gasteiger partial charge in [-0.15, -0.1) is 34.8 Å². The molecule has 0 aliphatic carbocycles. The van der Waals surface area contributed by atoms with Gasteiger partial charge in [0.15, 0.2) is 4.33 Å². The third kappa shape index (κ3) is 3.22. The standard InChI is InChI=1S/C3H2BrCl5/c4-1(5)3(8,9)2(6)7/h1-2H. The van der Waals surface area contributed by atoms with Crippen molar-refractivity contribution in [3.63, 3.8) is 0 Å². The quantitative estimate of drug-likeness (QED) is 0.677. The van der Waals surface area contributed by atoms with Crippen LogP contribution in [0.4, 0.5) is 0 Å². The van der Waals surface area contributed by atoms with Crippen molar-refractivity contribution >= 4 is 73.9 Å². The van der Waals surface area contributed by atoms with Gasteiger partial charge in [-0.3, -0.25) is 0 Å². The van der Waals surface area contributed by atoms with Gasteiger partial charge in [0.2, 0.25) is 0 Å². The molecule has 0 heterocycles. The van der Waals surface area contributed by atoms with E-state index >= 15 is 0 Å². The predicted molar refractivity (Wildman–Crippen MR) is 48.5 cm³/mol. The van der Waals surface area contributed by atoms with Crippen LogP contribution in [-0.4, -0.2) is 13.5 Å². The highest BCUT2D eigenvalue weighted by Gasteiger charge is 2.38. The Morgan fingerprint density at radius 2 is 1.44 bits per heavy atom. The molecule has 1 atom stereocenters. The molecule has 0 saturated carbocycles. The molecular formula is C3H2BrCl5. The SMILES string of the molecule is ClC(Cl)C(Cl)(Cl)C(Cl)Br. The van der Waals surface area contributed by atoms with E-state index in [1.807, 2.05) is 0 Å². The molecule has 9 heavy (non-hydrogen) atoms. The fourth-order valence-corrected chi connectivity index (χ4v) is 1.17. The number of hydrogen-bond acceptors (Lipinski definition) is 0. The minimum absolute atomic E-state index is 0.659. The first-order chi connectivity index (χ1) is 3.89. The van der Waals surface area contributed by atoms with Crippen molar-refractivity contribution in [2.24, 2.45) is 0 Å². The minimum Gasteiger partial charge on any atom is -0.107 e. The first-order valence-electron chi connectivity index (χ1n) is 1.83. The van der Waals surface area contributed by atoms with Gasteiger partial charge >= 0.3 is 0 Å². The second-order valence-corrected chi connectivity index (χ2v) is 5.70. The first kappa shape index (κ1) is 10.9. The van der Waals surface area contributed by atoms with Gasteiger partial charge in [-0.1, -0.05) is 39.1 Å². The zero-order chi connectivity index (χ0) is 7.65. The molecule has 56 valence electrons. The summed E-state index contributed by atoms with van der Waals surface area (Å²) in [4.78, 5) is -0.914. The van der Waals surface area contributed by atoms with Gasteiger partial charge in [0.05, 0.1) is 0 Å². The summed E-state index contributed by atoms with van der Waals surface area (Å²) in [6.07, 6.45) is 0. The van der Waals surface area contributed by atoms with Gasteiger partial charge in [-0.2, -0.15) is 0 Å². The summed E-state index contributed by atoms with van der Waals surface area (Å²) in [5.41, 5.74) is 0. The van der Waals surface area contributed by atoms with Gasteiger partial charge in [0.1, 0.15) is 9.12 Å². The molecule has 0 nitrogen and oxygen atoms in total. The van der Waals surface area contributed by atoms with Crippen molar-refractivity contribution in [2.75, 3.05) is 0 Å². The Morgan fingerprint density at radius 3 is 1.44 bits per heavy atom. The lowest BCUT2D eigenvalue weighted by atomic mass is 10.5. The van der Waals surface area contributed by atoms with Crippen LogP contribution in [0.25, 0.3) is 0 Å². The molecule has 0 radical (unpaired) electrons. The molecule has 0 spiro atoms. The van der Waals surface area contributed by atoms with Crippen molar-refractivity contribution in [3.05, 3.63) is 0 Å². The van der Waals surface area contributed by atoms with Crippen molar-refractivity contribution in [3.8, 4) is 0 Å². The lowest BCUT2D eigenvalue weighted by Gasteiger charge is -2.21. The average molecular weight is 295 g/mol. The third-order valence-corrected chi connectivity index (χ3v) is 4.41. The van der Waals surface area contributed by atoms with Crippen molar-refractivity contribution in [1.29, 1.82) is 0 Å². The number of rotatable bonds is 2. The third-order valence-electron chi connectivity index (χ3n) is 0.582. The molecule has 0 amide bonds. The highest BCUT2D eigenvalue weighted by Crippen LogP contribution is 2.40. The van der Waals surface area contributed by atoms with Gasteiger partial charge in [0.25, 0.3) is 0 Å². The Bertz CT molecular complexity index is 80.2. The summed E-state index contributed by atoms with van der Waals surface area (Å²) in [5.74, 6) is 0. The fraction of sp³-hybridized carbons (Fsp3) is 1.00. The molecule has 0 aromatic rings. The van der Waals surface area contributed by atoms with Crippen LogP contribution in [0.5, 0.6) is 0 Å². The van der Waals surface area contributed by atoms with Crippen LogP contribution in [0.3, 0.4) is 0 Å². The molecule has 0 saturated heterocycles. The molecule has 6 heteroatoms. The predicted octanol–water partition coefficient (Wildman–Crippen LogP) is 3.92. The number of hydrogen-bond donors (Lipinski definition) is 0. The number of alkyl halides is 6. The van der Waals surface area contributed by atoms with Gasteiger partial charge < -0.3 is 0 Å². The molecule has 0 fully saturated rings. The first-order valence-corrected chi connectivity index (χ1v) is 4.81. The van der Waals surface area contributed by atoms with Crippen LogP contribution in [0, 0.1) is 0 Å². The van der Waals surface area contributed by atoms with E-state index in [0.717, 1.165) is 0 Å². The monoisotopic (exact) mass is 292 g/mol. The summed E-state index contributed by atoms with van der Waals surface area (Å²) in [6, 6.07) is 0. The van der Waals surface area contributed by atoms with Crippen molar-refractivity contribution in [1.82, 2.24) is 0 Å². The maximum atomic E-state index is 5.53. The van der Waals surface area contributed by atoms with E-state index < -0.39 is 13.5 Å². The lowest BCUT2D eigenvalue weighted by Crippen LogP contribution is -2.29. The number of halogens is 6. The van der Waals surface area contributed by atoms with E-state index in [-0.39, 0.29) is 0 Å². The van der Waals surface area contributed by atoms with Gasteiger partial charge in [-0.05, 0) is 0 Å². The summed E-state index contributed by atoms with van der Waals surface area (Å²) >= 11 is 30.1. The second-order valence-electron chi connectivity index (χ2n) is 1.28. The molecule has 0 aromatic heterocycles. The van der Waals surface area contributed by atoms with Crippen LogP contribution in [-0.2, 0) is 0 Å². The molecule has 1 unspecified atom stereocenters. The van der Waals surface area contributed by atoms with E-state index in [4.69, 9.17) is 58.0 Å². The topological polar surface area (TPSA) is 0 Å². The maximum Gasteiger partial charge on any atom is 0.174 e. The van der Waals surface area contributed by atoms with E-state index in [0.29, 0.717) is 0 Å². The van der Waals surface area contributed by atoms with E-state index in [2.05, 4.69) is 15.9 Å². The lowest BCUT2D eigenvalue weighted by molar-refractivity contribution is 0.931. The van der Waals surface area contributed by atoms with Crippen LogP contribution < -0.4 is 0 Å². The Morgan fingerprint density at radius 1 is 1.11 bits per heavy atom. The molecule has 0 rings (SSSR count). The highest BCUT2D eigenvalue weighted by atomic mass is 79.9. The Kier molecular flexibility index (Phi) is 4.96. The Hall–Kier alpha value is 1.93. The van der Waals surface area contributed by atoms with E-state index in [9.17, 15) is 0 Å². The van der Waals surface area contributed by atoms with E-state index in [1.54, 1.807) is 0 Å². The smallest absolute Gasteiger partial charge is 0.107 e. The zero-order valence-electron chi connectivity index (χ0n) is 3.92. The molecule has 0 aliphatic rings. The van der Waals surface area contributed by atoms with Crippen LogP contribution in [0.15, 0.2) is 0 Å².